The number of carbonyl (C=O) groups excluding carboxylic acids is 2. The van der Waals surface area contributed by atoms with Gasteiger partial charge in [0.2, 0.25) is 5.91 Å². The molecule has 0 heterocycles. The smallest absolute Gasteiger partial charge is 0.328 e. The van der Waals surface area contributed by atoms with Crippen LogP contribution in [0.2, 0.25) is 0 Å². The maximum absolute atomic E-state index is 11.3. The Morgan fingerprint density at radius 1 is 1.40 bits per heavy atom. The summed E-state index contributed by atoms with van der Waals surface area (Å²) in [7, 11) is 1.33. The average Bonchev–Trinajstić information content (AvgIpc) is 2.15. The molecule has 4 nitrogen and oxygen atoms in total. The fraction of sp³-hybridized carbons (Fsp3) is 0.800. The quantitative estimate of drug-likeness (QED) is 0.697. The van der Waals surface area contributed by atoms with Crippen LogP contribution in [0.4, 0.5) is 0 Å². The second kappa shape index (κ2) is 7.56. The maximum Gasteiger partial charge on any atom is 0.328 e. The Hall–Kier alpha value is -0.710. The van der Waals surface area contributed by atoms with Gasteiger partial charge in [-0.15, -0.1) is 0 Å². The molecule has 0 rings (SSSR count). The predicted molar refractivity (Wildman–Crippen MR) is 61.8 cm³/mol. The van der Waals surface area contributed by atoms with Gasteiger partial charge in [0.15, 0.2) is 0 Å². The first kappa shape index (κ1) is 14.3. The van der Waals surface area contributed by atoms with Crippen molar-refractivity contribution in [2.75, 3.05) is 19.1 Å². The van der Waals surface area contributed by atoms with Crippen LogP contribution in [0.25, 0.3) is 0 Å². The fourth-order valence-corrected chi connectivity index (χ4v) is 1.54. The van der Waals surface area contributed by atoms with Crippen molar-refractivity contribution >= 4 is 23.6 Å². The van der Waals surface area contributed by atoms with Crippen LogP contribution in [0.5, 0.6) is 0 Å². The number of hydrogen-bond donors (Lipinski definition) is 1. The number of ether oxygens (including phenoxy) is 1. The molecule has 0 spiro atoms. The molecule has 0 aliphatic heterocycles. The lowest BCUT2D eigenvalue weighted by molar-refractivity contribution is -0.145. The minimum absolute atomic E-state index is 0.126. The molecule has 0 saturated heterocycles. The Bertz CT molecular complexity index is 219. The first-order chi connectivity index (χ1) is 7.01. The molecule has 0 aromatic heterocycles. The van der Waals surface area contributed by atoms with Crippen molar-refractivity contribution in [1.82, 2.24) is 5.32 Å². The summed E-state index contributed by atoms with van der Waals surface area (Å²) in [6.45, 7) is 3.99. The van der Waals surface area contributed by atoms with E-state index in [-0.39, 0.29) is 11.9 Å². The molecule has 0 radical (unpaired) electrons. The highest BCUT2D eigenvalue weighted by molar-refractivity contribution is 7.99. The van der Waals surface area contributed by atoms with Crippen molar-refractivity contribution in [3.05, 3.63) is 0 Å². The van der Waals surface area contributed by atoms with Crippen molar-refractivity contribution in [3.63, 3.8) is 0 Å². The molecule has 1 amide bonds. The third kappa shape index (κ3) is 6.38. The maximum atomic E-state index is 11.3. The minimum atomic E-state index is -0.519. The highest BCUT2D eigenvalue weighted by Crippen LogP contribution is 2.06. The van der Waals surface area contributed by atoms with E-state index in [4.69, 9.17) is 0 Å². The lowest BCUT2D eigenvalue weighted by atomic mass is 10.0. The molecule has 5 heteroatoms. The van der Waals surface area contributed by atoms with Crippen LogP contribution in [0.3, 0.4) is 0 Å². The molecule has 0 aromatic rings. The summed E-state index contributed by atoms with van der Waals surface area (Å²) in [5.74, 6) is 0.200. The molecule has 0 aliphatic carbocycles. The van der Waals surface area contributed by atoms with Crippen molar-refractivity contribution < 1.29 is 14.3 Å². The summed E-state index contributed by atoms with van der Waals surface area (Å²) in [5.41, 5.74) is 0. The number of rotatable bonds is 6. The Morgan fingerprint density at radius 2 is 2.00 bits per heavy atom. The average molecular weight is 233 g/mol. The molecule has 0 fully saturated rings. The number of nitrogens with one attached hydrogen (secondary N) is 1. The van der Waals surface area contributed by atoms with Crippen LogP contribution in [-0.4, -0.2) is 37.0 Å². The summed E-state index contributed by atoms with van der Waals surface area (Å²) < 4.78 is 4.63. The van der Waals surface area contributed by atoms with E-state index >= 15 is 0 Å². The summed E-state index contributed by atoms with van der Waals surface area (Å²) in [5, 5.41) is 2.67. The van der Waals surface area contributed by atoms with E-state index in [9.17, 15) is 9.59 Å². The molecule has 1 N–H and O–H groups in total. The standard InChI is InChI=1S/C10H19NO3S/c1-7(2)5-8(10(13)14-3)11-9(12)6-15-4/h7-8H,5-6H2,1-4H3,(H,11,12)/t8-/m0/s1. The van der Waals surface area contributed by atoms with Gasteiger partial charge in [0.05, 0.1) is 12.9 Å². The number of methoxy groups -OCH3 is 1. The van der Waals surface area contributed by atoms with Crippen LogP contribution in [0.1, 0.15) is 20.3 Å². The lowest BCUT2D eigenvalue weighted by Crippen LogP contribution is -2.43. The Balaban J connectivity index is 4.24. The van der Waals surface area contributed by atoms with E-state index in [1.165, 1.54) is 18.9 Å². The number of amides is 1. The van der Waals surface area contributed by atoms with E-state index < -0.39 is 6.04 Å². The zero-order valence-electron chi connectivity index (χ0n) is 9.70. The molecule has 1 atom stereocenters. The van der Waals surface area contributed by atoms with Crippen molar-refractivity contribution in [3.8, 4) is 0 Å². The van der Waals surface area contributed by atoms with Crippen LogP contribution < -0.4 is 5.32 Å². The molecule has 0 saturated carbocycles. The first-order valence-electron chi connectivity index (χ1n) is 4.87. The third-order valence-corrected chi connectivity index (χ3v) is 2.35. The molecule has 88 valence electrons. The number of carbonyl (C=O) groups is 2. The van der Waals surface area contributed by atoms with Gasteiger partial charge in [-0.3, -0.25) is 4.79 Å². The molecular formula is C10H19NO3S. The Labute approximate surface area is 95.1 Å². The molecule has 0 bridgehead atoms. The van der Waals surface area contributed by atoms with Crippen LogP contribution in [0.15, 0.2) is 0 Å². The number of esters is 1. The van der Waals surface area contributed by atoms with Crippen LogP contribution in [0, 0.1) is 5.92 Å². The van der Waals surface area contributed by atoms with Crippen molar-refractivity contribution in [2.24, 2.45) is 5.92 Å². The lowest BCUT2D eigenvalue weighted by Gasteiger charge is -2.17. The van der Waals surface area contributed by atoms with Crippen molar-refractivity contribution in [2.45, 2.75) is 26.3 Å². The van der Waals surface area contributed by atoms with Gasteiger partial charge in [-0.1, -0.05) is 13.8 Å². The molecule has 0 aromatic carbocycles. The second-order valence-corrected chi connectivity index (χ2v) is 4.57. The van der Waals surface area contributed by atoms with Gasteiger partial charge in [-0.05, 0) is 18.6 Å². The van der Waals surface area contributed by atoms with Gasteiger partial charge in [-0.2, -0.15) is 11.8 Å². The summed E-state index contributed by atoms with van der Waals surface area (Å²) >= 11 is 1.43. The van der Waals surface area contributed by atoms with E-state index in [0.717, 1.165) is 0 Å². The third-order valence-electron chi connectivity index (χ3n) is 1.80. The first-order valence-corrected chi connectivity index (χ1v) is 6.26. The summed E-state index contributed by atoms with van der Waals surface area (Å²) in [4.78, 5) is 22.7. The zero-order chi connectivity index (χ0) is 11.8. The van der Waals surface area contributed by atoms with Gasteiger partial charge in [0, 0.05) is 0 Å². The topological polar surface area (TPSA) is 55.4 Å². The largest absolute Gasteiger partial charge is 0.467 e. The number of thioether (sulfide) groups is 1. The van der Waals surface area contributed by atoms with E-state index in [1.54, 1.807) is 0 Å². The fourth-order valence-electron chi connectivity index (χ4n) is 1.19. The zero-order valence-corrected chi connectivity index (χ0v) is 10.5. The van der Waals surface area contributed by atoms with Crippen LogP contribution >= 0.6 is 11.8 Å². The van der Waals surface area contributed by atoms with Gasteiger partial charge < -0.3 is 10.1 Å². The van der Waals surface area contributed by atoms with Gasteiger partial charge >= 0.3 is 5.97 Å². The second-order valence-electron chi connectivity index (χ2n) is 3.71. The van der Waals surface area contributed by atoms with E-state index in [0.29, 0.717) is 18.1 Å². The highest BCUT2D eigenvalue weighted by atomic mass is 32.2. The van der Waals surface area contributed by atoms with Crippen molar-refractivity contribution in [1.29, 1.82) is 0 Å². The molecule has 15 heavy (non-hydrogen) atoms. The molecule has 0 unspecified atom stereocenters. The summed E-state index contributed by atoms with van der Waals surface area (Å²) in [6.07, 6.45) is 2.45. The van der Waals surface area contributed by atoms with E-state index in [1.807, 2.05) is 20.1 Å². The highest BCUT2D eigenvalue weighted by Gasteiger charge is 2.21. The SMILES string of the molecule is COC(=O)[C@H](CC(C)C)NC(=O)CSC. The Kier molecular flexibility index (Phi) is 7.21. The molecular weight excluding hydrogens is 214 g/mol. The van der Waals surface area contributed by atoms with Crippen LogP contribution in [-0.2, 0) is 14.3 Å². The van der Waals surface area contributed by atoms with Gasteiger partial charge in [-0.25, -0.2) is 4.79 Å². The normalized spacial score (nSPS) is 12.3. The van der Waals surface area contributed by atoms with Gasteiger partial charge in [0.25, 0.3) is 0 Å². The molecule has 0 aliphatic rings. The van der Waals surface area contributed by atoms with E-state index in [2.05, 4.69) is 10.1 Å². The monoisotopic (exact) mass is 233 g/mol. The predicted octanol–water partition coefficient (Wildman–Crippen LogP) is 1.05. The minimum Gasteiger partial charge on any atom is -0.467 e. The summed E-state index contributed by atoms with van der Waals surface area (Å²) in [6, 6.07) is -0.519. The Morgan fingerprint density at radius 3 is 2.40 bits per heavy atom. The van der Waals surface area contributed by atoms with Gasteiger partial charge in [0.1, 0.15) is 6.04 Å². The number of hydrogen-bond acceptors (Lipinski definition) is 4.